The molecule has 0 spiro atoms. The molecule has 2 N–H and O–H groups in total. The minimum absolute atomic E-state index is 0.0462. The maximum Gasteiger partial charge on any atom is 0.306 e. The number of piperidine rings is 1. The molecule has 0 aromatic rings. The van der Waals surface area contributed by atoms with Crippen LogP contribution < -0.4 is 10.6 Å². The van der Waals surface area contributed by atoms with Crippen LogP contribution in [0.1, 0.15) is 46.5 Å². The number of hydrogen-bond acceptors (Lipinski definition) is 4. The summed E-state index contributed by atoms with van der Waals surface area (Å²) < 4.78 is 5.06. The number of carbonyl (C=O) groups excluding carboxylic acids is 2. The highest BCUT2D eigenvalue weighted by Crippen LogP contribution is 2.36. The molecule has 0 aromatic carbocycles. The lowest BCUT2D eigenvalue weighted by molar-refractivity contribution is -0.147. The summed E-state index contributed by atoms with van der Waals surface area (Å²) in [7, 11) is 0. The molecule has 0 radical (unpaired) electrons. The van der Waals surface area contributed by atoms with Gasteiger partial charge in [0.15, 0.2) is 0 Å². The van der Waals surface area contributed by atoms with Gasteiger partial charge in [-0.15, -0.1) is 0 Å². The van der Waals surface area contributed by atoms with Gasteiger partial charge in [0.2, 0.25) is 5.91 Å². The third kappa shape index (κ3) is 5.90. The second-order valence-electron chi connectivity index (χ2n) is 6.11. The zero-order valence-corrected chi connectivity index (χ0v) is 13.0. The van der Waals surface area contributed by atoms with E-state index in [1.54, 1.807) is 0 Å². The molecule has 1 heterocycles. The number of rotatable bonds is 7. The molecule has 1 aliphatic heterocycles. The molecule has 5 heteroatoms. The molecule has 0 atom stereocenters. The van der Waals surface area contributed by atoms with Gasteiger partial charge in [-0.2, -0.15) is 0 Å². The summed E-state index contributed by atoms with van der Waals surface area (Å²) in [6, 6.07) is 0. The number of amides is 1. The molecule has 1 amide bonds. The first kappa shape index (κ1) is 17.0. The second-order valence-corrected chi connectivity index (χ2v) is 6.11. The Balaban J connectivity index is 2.58. The highest BCUT2D eigenvalue weighted by molar-refractivity contribution is 5.78. The first-order valence-corrected chi connectivity index (χ1v) is 7.60. The predicted molar refractivity (Wildman–Crippen MR) is 78.3 cm³/mol. The van der Waals surface area contributed by atoms with Crippen LogP contribution in [-0.4, -0.2) is 38.1 Å². The average molecular weight is 284 g/mol. The van der Waals surface area contributed by atoms with Crippen molar-refractivity contribution in [3.63, 3.8) is 0 Å². The maximum absolute atomic E-state index is 12.1. The van der Waals surface area contributed by atoms with E-state index in [9.17, 15) is 9.59 Å². The molecule has 5 nitrogen and oxygen atoms in total. The summed E-state index contributed by atoms with van der Waals surface area (Å²) in [4.78, 5) is 23.9. The minimum Gasteiger partial charge on any atom is -0.466 e. The van der Waals surface area contributed by atoms with Gasteiger partial charge in [0, 0.05) is 13.0 Å². The van der Waals surface area contributed by atoms with Gasteiger partial charge in [0.1, 0.15) is 0 Å². The predicted octanol–water partition coefficient (Wildman–Crippen LogP) is 1.47. The molecular weight excluding hydrogens is 256 g/mol. The zero-order chi connectivity index (χ0) is 15.0. The fourth-order valence-electron chi connectivity index (χ4n) is 2.61. The van der Waals surface area contributed by atoms with E-state index in [4.69, 9.17) is 4.74 Å². The van der Waals surface area contributed by atoms with Crippen LogP contribution in [0.4, 0.5) is 0 Å². The second kappa shape index (κ2) is 8.25. The molecule has 1 rings (SSSR count). The molecule has 1 fully saturated rings. The SMILES string of the molecule is CCOC(=O)CC1(CC(=O)NCC(C)C)CCNCC1. The van der Waals surface area contributed by atoms with Crippen molar-refractivity contribution in [1.29, 1.82) is 0 Å². The average Bonchev–Trinajstić information content (AvgIpc) is 2.37. The van der Waals surface area contributed by atoms with Gasteiger partial charge in [0.05, 0.1) is 13.0 Å². The van der Waals surface area contributed by atoms with Gasteiger partial charge in [-0.3, -0.25) is 9.59 Å². The van der Waals surface area contributed by atoms with Crippen LogP contribution in [0.5, 0.6) is 0 Å². The molecule has 0 saturated carbocycles. The van der Waals surface area contributed by atoms with Crippen molar-refractivity contribution in [3.8, 4) is 0 Å². The topological polar surface area (TPSA) is 67.4 Å². The Kier molecular flexibility index (Phi) is 6.99. The fraction of sp³-hybridized carbons (Fsp3) is 0.867. The Labute approximate surface area is 121 Å². The lowest BCUT2D eigenvalue weighted by Crippen LogP contribution is -2.42. The van der Waals surface area contributed by atoms with Crippen molar-refractivity contribution >= 4 is 11.9 Å². The molecule has 1 aliphatic rings. The Morgan fingerprint density at radius 2 is 1.90 bits per heavy atom. The number of ether oxygens (including phenoxy) is 1. The van der Waals surface area contributed by atoms with E-state index in [-0.39, 0.29) is 17.3 Å². The smallest absolute Gasteiger partial charge is 0.306 e. The summed E-state index contributed by atoms with van der Waals surface area (Å²) >= 11 is 0. The summed E-state index contributed by atoms with van der Waals surface area (Å²) in [5, 5.41) is 6.23. The normalized spacial score (nSPS) is 17.8. The van der Waals surface area contributed by atoms with Crippen molar-refractivity contribution in [3.05, 3.63) is 0 Å². The van der Waals surface area contributed by atoms with Crippen molar-refractivity contribution in [2.24, 2.45) is 11.3 Å². The van der Waals surface area contributed by atoms with E-state index >= 15 is 0 Å². The van der Waals surface area contributed by atoms with E-state index in [1.807, 2.05) is 6.92 Å². The number of carbonyl (C=O) groups is 2. The Morgan fingerprint density at radius 1 is 1.25 bits per heavy atom. The van der Waals surface area contributed by atoms with Crippen LogP contribution in [0.3, 0.4) is 0 Å². The minimum atomic E-state index is -0.238. The molecule has 0 unspecified atom stereocenters. The summed E-state index contributed by atoms with van der Waals surface area (Å²) in [6.45, 7) is 8.74. The van der Waals surface area contributed by atoms with Crippen molar-refractivity contribution in [1.82, 2.24) is 10.6 Å². The van der Waals surface area contributed by atoms with Gasteiger partial charge in [-0.05, 0) is 44.2 Å². The van der Waals surface area contributed by atoms with Crippen molar-refractivity contribution in [2.45, 2.75) is 46.5 Å². The van der Waals surface area contributed by atoms with E-state index in [2.05, 4.69) is 24.5 Å². The van der Waals surface area contributed by atoms with Gasteiger partial charge in [-0.25, -0.2) is 0 Å². The van der Waals surface area contributed by atoms with Crippen LogP contribution >= 0.6 is 0 Å². The molecule has 1 saturated heterocycles. The zero-order valence-electron chi connectivity index (χ0n) is 13.0. The van der Waals surface area contributed by atoms with E-state index in [0.717, 1.165) is 25.9 Å². The lowest BCUT2D eigenvalue weighted by atomic mass is 9.73. The maximum atomic E-state index is 12.1. The van der Waals surface area contributed by atoms with E-state index in [1.165, 1.54) is 0 Å². The highest BCUT2D eigenvalue weighted by Gasteiger charge is 2.36. The Morgan fingerprint density at radius 3 is 2.45 bits per heavy atom. The molecular formula is C15H28N2O3. The molecule has 0 bridgehead atoms. The highest BCUT2D eigenvalue weighted by atomic mass is 16.5. The standard InChI is InChI=1S/C15H28N2O3/c1-4-20-14(19)10-15(5-7-16-8-6-15)9-13(18)17-11-12(2)3/h12,16H,4-11H2,1-3H3,(H,17,18). The Hall–Kier alpha value is -1.10. The summed E-state index contributed by atoms with van der Waals surface area (Å²) in [5.74, 6) is 0.295. The van der Waals surface area contributed by atoms with Gasteiger partial charge in [0.25, 0.3) is 0 Å². The van der Waals surface area contributed by atoms with Crippen LogP contribution in [0.2, 0.25) is 0 Å². The lowest BCUT2D eigenvalue weighted by Gasteiger charge is -2.36. The van der Waals surface area contributed by atoms with Gasteiger partial charge < -0.3 is 15.4 Å². The first-order valence-electron chi connectivity index (χ1n) is 7.60. The van der Waals surface area contributed by atoms with Gasteiger partial charge in [-0.1, -0.05) is 13.8 Å². The van der Waals surface area contributed by atoms with Crippen LogP contribution in [0, 0.1) is 11.3 Å². The van der Waals surface area contributed by atoms with Crippen molar-refractivity contribution in [2.75, 3.05) is 26.2 Å². The van der Waals surface area contributed by atoms with Crippen LogP contribution in [-0.2, 0) is 14.3 Å². The molecule has 116 valence electrons. The van der Waals surface area contributed by atoms with Gasteiger partial charge >= 0.3 is 5.97 Å². The Bertz CT molecular complexity index is 323. The van der Waals surface area contributed by atoms with Crippen LogP contribution in [0.25, 0.3) is 0 Å². The monoisotopic (exact) mass is 284 g/mol. The van der Waals surface area contributed by atoms with Crippen LogP contribution in [0.15, 0.2) is 0 Å². The molecule has 20 heavy (non-hydrogen) atoms. The quantitative estimate of drug-likeness (QED) is 0.695. The summed E-state index contributed by atoms with van der Waals surface area (Å²) in [5.41, 5.74) is -0.238. The third-order valence-electron chi connectivity index (χ3n) is 3.73. The van der Waals surface area contributed by atoms with Crippen molar-refractivity contribution < 1.29 is 14.3 Å². The van der Waals surface area contributed by atoms with E-state index in [0.29, 0.717) is 31.9 Å². The third-order valence-corrected chi connectivity index (χ3v) is 3.73. The molecule has 0 aliphatic carbocycles. The summed E-state index contributed by atoms with van der Waals surface area (Å²) in [6.07, 6.45) is 2.46. The molecule has 0 aromatic heterocycles. The number of nitrogens with one attached hydrogen (secondary N) is 2. The number of hydrogen-bond donors (Lipinski definition) is 2. The number of esters is 1. The first-order chi connectivity index (χ1) is 9.47. The van der Waals surface area contributed by atoms with E-state index < -0.39 is 0 Å². The largest absolute Gasteiger partial charge is 0.466 e. The fourth-order valence-corrected chi connectivity index (χ4v) is 2.61.